The fourth-order valence-corrected chi connectivity index (χ4v) is 11.3. The van der Waals surface area contributed by atoms with E-state index in [-0.39, 0.29) is 38.6 Å². The average Bonchev–Trinajstić information content (AvgIpc) is 3.40. The molecule has 0 spiro atoms. The van der Waals surface area contributed by atoms with Gasteiger partial charge in [0.05, 0.1) is 13.2 Å². The molecule has 3 N–H and O–H groups in total. The van der Waals surface area contributed by atoms with Crippen molar-refractivity contribution >= 4 is 19.8 Å². The van der Waals surface area contributed by atoms with Gasteiger partial charge in [0.1, 0.15) is 6.61 Å². The Balaban J connectivity index is 3.78. The molecule has 0 saturated heterocycles. The van der Waals surface area contributed by atoms with Crippen LogP contribution in [0.15, 0.2) is 0 Å². The maximum Gasteiger partial charge on any atom is 0.472 e. The van der Waals surface area contributed by atoms with Gasteiger partial charge in [0.2, 0.25) is 0 Å². The lowest BCUT2D eigenvalue weighted by atomic mass is 10.0. The highest BCUT2D eigenvalue weighted by Crippen LogP contribution is 2.43. The Morgan fingerprint density at radius 2 is 0.573 bits per heavy atom. The lowest BCUT2D eigenvalue weighted by Gasteiger charge is -2.19. The Labute approximate surface area is 467 Å². The van der Waals surface area contributed by atoms with Crippen molar-refractivity contribution in [3.05, 3.63) is 0 Å². The van der Waals surface area contributed by atoms with E-state index in [0.717, 1.165) is 32.1 Å². The molecule has 0 heterocycles. The van der Waals surface area contributed by atoms with Crippen molar-refractivity contribution in [1.29, 1.82) is 0 Å². The van der Waals surface area contributed by atoms with Crippen LogP contribution in [0.4, 0.5) is 0 Å². The van der Waals surface area contributed by atoms with Gasteiger partial charge in [-0.1, -0.05) is 348 Å². The van der Waals surface area contributed by atoms with Crippen LogP contribution in [0.5, 0.6) is 0 Å². The van der Waals surface area contributed by atoms with Gasteiger partial charge in [0.15, 0.2) is 6.10 Å². The van der Waals surface area contributed by atoms with Crippen molar-refractivity contribution in [2.24, 2.45) is 5.73 Å². The predicted molar refractivity (Wildman–Crippen MR) is 322 cm³/mol. The molecule has 2 unspecified atom stereocenters. The molecule has 448 valence electrons. The van der Waals surface area contributed by atoms with E-state index in [0.29, 0.717) is 6.42 Å². The van der Waals surface area contributed by atoms with Crippen LogP contribution in [-0.4, -0.2) is 49.3 Å². The average molecular weight is 1080 g/mol. The summed E-state index contributed by atoms with van der Waals surface area (Å²) in [5, 5.41) is 0. The van der Waals surface area contributed by atoms with Crippen LogP contribution in [-0.2, 0) is 32.7 Å². The Kier molecular flexibility index (Phi) is 61.4. The van der Waals surface area contributed by atoms with Crippen molar-refractivity contribution in [2.75, 3.05) is 26.4 Å². The summed E-state index contributed by atoms with van der Waals surface area (Å²) in [6, 6.07) is 0. The maximum atomic E-state index is 12.7. The second kappa shape index (κ2) is 62.2. The zero-order valence-corrected chi connectivity index (χ0v) is 51.2. The Bertz CT molecular complexity index is 1190. The number of esters is 2. The molecular weight excluding hydrogens is 954 g/mol. The fraction of sp³-hybridized carbons (Fsp3) is 0.969. The summed E-state index contributed by atoms with van der Waals surface area (Å²) >= 11 is 0. The number of carbonyl (C=O) groups is 2. The third-order valence-corrected chi connectivity index (χ3v) is 16.5. The number of unbranched alkanes of at least 4 members (excludes halogenated alkanes) is 52. The second-order valence-corrected chi connectivity index (χ2v) is 24.5. The monoisotopic (exact) mass is 1080 g/mol. The molecule has 0 aliphatic carbocycles. The molecule has 0 bridgehead atoms. The highest BCUT2D eigenvalue weighted by Gasteiger charge is 2.26. The van der Waals surface area contributed by atoms with Gasteiger partial charge in [-0.3, -0.25) is 18.6 Å². The third kappa shape index (κ3) is 62.1. The summed E-state index contributed by atoms with van der Waals surface area (Å²) in [5.74, 6) is -0.799. The SMILES string of the molecule is CCCCCCCCCCCCCCCCCCCCCCCCCCCCCCCCCCCCC(=O)OC(COC(=O)CCCCCCCCCCCCCCCCCCCCCC)COP(=O)(O)OCCN. The number of hydrogen-bond acceptors (Lipinski definition) is 8. The van der Waals surface area contributed by atoms with Gasteiger partial charge in [-0.15, -0.1) is 0 Å². The highest BCUT2D eigenvalue weighted by molar-refractivity contribution is 7.47. The van der Waals surface area contributed by atoms with Gasteiger partial charge in [-0.05, 0) is 12.8 Å². The number of carbonyl (C=O) groups excluding carboxylic acids is 2. The van der Waals surface area contributed by atoms with E-state index in [1.165, 1.54) is 308 Å². The highest BCUT2D eigenvalue weighted by atomic mass is 31.2. The smallest absolute Gasteiger partial charge is 0.462 e. The van der Waals surface area contributed by atoms with E-state index >= 15 is 0 Å². The summed E-state index contributed by atoms with van der Waals surface area (Å²) in [6.45, 7) is 3.84. The van der Waals surface area contributed by atoms with Crippen LogP contribution < -0.4 is 5.73 Å². The van der Waals surface area contributed by atoms with Gasteiger partial charge in [-0.2, -0.15) is 0 Å². The molecule has 0 radical (unpaired) electrons. The van der Waals surface area contributed by atoms with Crippen molar-refractivity contribution in [3.8, 4) is 0 Å². The number of phosphoric ester groups is 1. The molecule has 0 aromatic heterocycles. The van der Waals surface area contributed by atoms with Crippen LogP contribution in [0, 0.1) is 0 Å². The minimum atomic E-state index is -4.38. The second-order valence-electron chi connectivity index (χ2n) is 23.1. The molecule has 0 rings (SSSR count). The fourth-order valence-electron chi connectivity index (χ4n) is 10.5. The molecule has 0 fully saturated rings. The standard InChI is InChI=1S/C65H130NO8P/c1-3-5-7-9-11-13-15-17-19-21-23-25-26-27-28-29-30-31-32-33-34-35-36-37-38-40-42-44-46-48-50-52-54-56-58-65(68)74-63(62-73-75(69,70)72-60-59-66)61-71-64(67)57-55-53-51-49-47-45-43-41-39-24-22-20-18-16-14-12-10-8-6-4-2/h63H,3-62,66H2,1-2H3,(H,69,70). The molecule has 75 heavy (non-hydrogen) atoms. The van der Waals surface area contributed by atoms with Gasteiger partial charge in [0, 0.05) is 19.4 Å². The Morgan fingerprint density at radius 3 is 0.813 bits per heavy atom. The molecule has 0 aromatic rings. The normalized spacial score (nSPS) is 12.9. The first-order chi connectivity index (χ1) is 36.8. The topological polar surface area (TPSA) is 134 Å². The summed E-state index contributed by atoms with van der Waals surface area (Å²) in [6.07, 6.45) is 72.0. The lowest BCUT2D eigenvalue weighted by Crippen LogP contribution is -2.29. The van der Waals surface area contributed by atoms with Crippen molar-refractivity contribution in [1.82, 2.24) is 0 Å². The predicted octanol–water partition coefficient (Wildman–Crippen LogP) is 21.4. The molecule has 9 nitrogen and oxygen atoms in total. The largest absolute Gasteiger partial charge is 0.472 e. The molecule has 0 saturated carbocycles. The maximum absolute atomic E-state index is 12.7. The minimum Gasteiger partial charge on any atom is -0.462 e. The van der Waals surface area contributed by atoms with Gasteiger partial charge in [-0.25, -0.2) is 4.57 Å². The zero-order valence-electron chi connectivity index (χ0n) is 50.3. The summed E-state index contributed by atoms with van der Waals surface area (Å²) in [7, 11) is -4.38. The Morgan fingerprint density at radius 1 is 0.347 bits per heavy atom. The van der Waals surface area contributed by atoms with Crippen LogP contribution in [0.1, 0.15) is 373 Å². The summed E-state index contributed by atoms with van der Waals surface area (Å²) in [5.41, 5.74) is 5.39. The van der Waals surface area contributed by atoms with Crippen LogP contribution >= 0.6 is 7.82 Å². The molecule has 0 aromatic carbocycles. The zero-order chi connectivity index (χ0) is 54.5. The molecule has 10 heteroatoms. The van der Waals surface area contributed by atoms with Crippen molar-refractivity contribution < 1.29 is 37.6 Å². The van der Waals surface area contributed by atoms with Crippen LogP contribution in [0.3, 0.4) is 0 Å². The number of ether oxygens (including phenoxy) is 2. The number of hydrogen-bond donors (Lipinski definition) is 2. The molecule has 0 amide bonds. The van der Waals surface area contributed by atoms with E-state index in [9.17, 15) is 19.0 Å². The van der Waals surface area contributed by atoms with Crippen LogP contribution in [0.25, 0.3) is 0 Å². The Hall–Kier alpha value is -0.990. The van der Waals surface area contributed by atoms with Crippen molar-refractivity contribution in [2.45, 2.75) is 380 Å². The lowest BCUT2D eigenvalue weighted by molar-refractivity contribution is -0.161. The van der Waals surface area contributed by atoms with Crippen molar-refractivity contribution in [3.63, 3.8) is 0 Å². The third-order valence-electron chi connectivity index (χ3n) is 15.5. The van der Waals surface area contributed by atoms with E-state index in [4.69, 9.17) is 24.3 Å². The van der Waals surface area contributed by atoms with Gasteiger partial charge < -0.3 is 20.1 Å². The molecule has 0 aliphatic rings. The van der Waals surface area contributed by atoms with E-state index < -0.39 is 26.5 Å². The minimum absolute atomic E-state index is 0.0587. The first kappa shape index (κ1) is 74.0. The number of nitrogens with two attached hydrogens (primary N) is 1. The van der Waals surface area contributed by atoms with E-state index in [1.54, 1.807) is 0 Å². The molecule has 0 aliphatic heterocycles. The molecule has 2 atom stereocenters. The summed E-state index contributed by atoms with van der Waals surface area (Å²) in [4.78, 5) is 35.3. The van der Waals surface area contributed by atoms with E-state index in [1.807, 2.05) is 0 Å². The number of phosphoric acid groups is 1. The van der Waals surface area contributed by atoms with Gasteiger partial charge >= 0.3 is 19.8 Å². The summed E-state index contributed by atoms with van der Waals surface area (Å²) < 4.78 is 33.1. The molecular formula is C65H130NO8P. The van der Waals surface area contributed by atoms with E-state index in [2.05, 4.69) is 13.8 Å². The first-order valence-corrected chi connectivity index (χ1v) is 35.0. The van der Waals surface area contributed by atoms with Crippen LogP contribution in [0.2, 0.25) is 0 Å². The van der Waals surface area contributed by atoms with Gasteiger partial charge in [0.25, 0.3) is 0 Å². The first-order valence-electron chi connectivity index (χ1n) is 33.5. The quantitative estimate of drug-likeness (QED) is 0.0347. The number of rotatable bonds is 65.